The summed E-state index contributed by atoms with van der Waals surface area (Å²) in [6.45, 7) is 9.67. The van der Waals surface area contributed by atoms with Gasteiger partial charge in [-0.3, -0.25) is 0 Å². The fraction of sp³-hybridized carbons (Fsp3) is 0.0882. The molecule has 2 heteroatoms. The lowest BCUT2D eigenvalue weighted by Gasteiger charge is -2.24. The summed E-state index contributed by atoms with van der Waals surface area (Å²) >= 11 is 0. The SMILES string of the molecule is CC1(C)c2cc3c(cc2-c2c1cc(-c1ccc(-c4ccccc4)c4ccccc14)c1c2oc2ccccc21)C(C)(C)c1cc(-c2ccc(-c4ccccc4)c4ccccc24)c2oc4ccccc4c2c1-3. The van der Waals surface area contributed by atoms with Crippen LogP contribution in [0.3, 0.4) is 0 Å². The highest BCUT2D eigenvalue weighted by Crippen LogP contribution is 2.61. The second-order valence-corrected chi connectivity index (χ2v) is 20.6. The topological polar surface area (TPSA) is 26.3 Å². The summed E-state index contributed by atoms with van der Waals surface area (Å²) in [6, 6.07) is 75.8. The molecule has 0 aliphatic heterocycles. The number of hydrogen-bond acceptors (Lipinski definition) is 2. The molecule has 2 aromatic heterocycles. The Balaban J connectivity index is 0.979. The summed E-state index contributed by atoms with van der Waals surface area (Å²) in [6.07, 6.45) is 0. The van der Waals surface area contributed by atoms with E-state index >= 15 is 0 Å². The average Bonchev–Trinajstić information content (AvgIpc) is 4.10. The van der Waals surface area contributed by atoms with Gasteiger partial charge in [-0.15, -0.1) is 0 Å². The summed E-state index contributed by atoms with van der Waals surface area (Å²) in [4.78, 5) is 0. The first-order valence-corrected chi connectivity index (χ1v) is 24.6. The summed E-state index contributed by atoms with van der Waals surface area (Å²) in [5, 5.41) is 9.55. The van der Waals surface area contributed by atoms with Gasteiger partial charge in [0.1, 0.15) is 22.3 Å². The van der Waals surface area contributed by atoms with Crippen molar-refractivity contribution in [2.24, 2.45) is 0 Å². The van der Waals surface area contributed by atoms with Crippen molar-refractivity contribution in [3.8, 4) is 66.8 Å². The lowest BCUT2D eigenvalue weighted by atomic mass is 9.78. The van der Waals surface area contributed by atoms with Crippen LogP contribution in [0.1, 0.15) is 49.9 Å². The lowest BCUT2D eigenvalue weighted by molar-refractivity contribution is 0.649. The number of fused-ring (bicyclic) bond motifs is 16. The molecule has 13 aromatic rings. The van der Waals surface area contributed by atoms with Crippen LogP contribution in [0.2, 0.25) is 0 Å². The minimum absolute atomic E-state index is 0.333. The molecule has 2 nitrogen and oxygen atoms in total. The fourth-order valence-corrected chi connectivity index (χ4v) is 12.9. The number of rotatable bonds is 4. The average molecular weight is 895 g/mol. The van der Waals surface area contributed by atoms with Crippen molar-refractivity contribution < 1.29 is 8.83 Å². The summed E-state index contributed by atoms with van der Waals surface area (Å²) in [5.41, 5.74) is 22.9. The Bertz CT molecular complexity index is 4390. The number of para-hydroxylation sites is 2. The van der Waals surface area contributed by atoms with Crippen LogP contribution in [0.5, 0.6) is 0 Å². The van der Waals surface area contributed by atoms with E-state index in [2.05, 4.69) is 234 Å². The number of hydrogen-bond donors (Lipinski definition) is 0. The van der Waals surface area contributed by atoms with Crippen LogP contribution >= 0.6 is 0 Å². The normalized spacial score (nSPS) is 14.2. The van der Waals surface area contributed by atoms with Gasteiger partial charge < -0.3 is 8.83 Å². The van der Waals surface area contributed by atoms with Crippen molar-refractivity contribution in [2.45, 2.75) is 38.5 Å². The van der Waals surface area contributed by atoms with Crippen LogP contribution in [0.15, 0.2) is 215 Å². The molecule has 0 saturated carbocycles. The zero-order valence-corrected chi connectivity index (χ0v) is 39.4. The molecule has 0 N–H and O–H groups in total. The highest BCUT2D eigenvalue weighted by atomic mass is 16.3. The third kappa shape index (κ3) is 5.23. The van der Waals surface area contributed by atoms with E-state index in [0.717, 1.165) is 38.7 Å². The zero-order valence-electron chi connectivity index (χ0n) is 39.4. The van der Waals surface area contributed by atoms with E-state index in [9.17, 15) is 0 Å². The van der Waals surface area contributed by atoms with Crippen LogP contribution < -0.4 is 0 Å². The molecular weight excluding hydrogens is 849 g/mol. The van der Waals surface area contributed by atoms with E-state index in [4.69, 9.17) is 8.83 Å². The van der Waals surface area contributed by atoms with Crippen molar-refractivity contribution >= 4 is 65.4 Å². The van der Waals surface area contributed by atoms with Gasteiger partial charge in [0.25, 0.3) is 0 Å². The molecule has 0 fully saturated rings. The van der Waals surface area contributed by atoms with Gasteiger partial charge in [0.05, 0.1) is 0 Å². The molecule has 2 heterocycles. The molecule has 0 saturated heterocycles. The standard InChI is InChI=1S/C68H46O2/c1-67(2)55-38-54-56(37-53(55)62-57(67)36-52(65-64(62)50-28-16-18-30-60(50)69-65)48-34-32-42(40-21-9-6-10-22-40)44-24-12-14-26-46(44)48)68(3,4)58-35-51(61-49-27-15-17-29-59(49)70-66(61)63(54)58)47-33-31-41(39-19-7-5-8-20-39)43-23-11-13-25-45(43)47/h5-38H,1-4H3. The van der Waals surface area contributed by atoms with Crippen molar-refractivity contribution in [1.29, 1.82) is 0 Å². The highest BCUT2D eigenvalue weighted by molar-refractivity contribution is 6.23. The Morgan fingerprint density at radius 1 is 0.271 bits per heavy atom. The third-order valence-electron chi connectivity index (χ3n) is 16.3. The van der Waals surface area contributed by atoms with E-state index in [1.165, 1.54) is 116 Å². The maximum Gasteiger partial charge on any atom is 0.144 e. The Morgan fingerprint density at radius 2 is 0.643 bits per heavy atom. The van der Waals surface area contributed by atoms with Crippen molar-refractivity contribution in [3.63, 3.8) is 0 Å². The van der Waals surface area contributed by atoms with Crippen LogP contribution in [0, 0.1) is 0 Å². The molecule has 15 rings (SSSR count). The van der Waals surface area contributed by atoms with E-state index in [-0.39, 0.29) is 10.8 Å². The van der Waals surface area contributed by atoms with Gasteiger partial charge in [-0.2, -0.15) is 0 Å². The number of benzene rings is 11. The predicted molar refractivity (Wildman–Crippen MR) is 293 cm³/mol. The van der Waals surface area contributed by atoms with Crippen molar-refractivity contribution in [1.82, 2.24) is 0 Å². The molecule has 70 heavy (non-hydrogen) atoms. The zero-order chi connectivity index (χ0) is 46.6. The fourth-order valence-electron chi connectivity index (χ4n) is 12.9. The monoisotopic (exact) mass is 894 g/mol. The molecule has 11 aromatic carbocycles. The molecule has 0 amide bonds. The van der Waals surface area contributed by atoms with Gasteiger partial charge in [-0.1, -0.05) is 198 Å². The molecule has 2 aliphatic carbocycles. The summed E-state index contributed by atoms with van der Waals surface area (Å²) < 4.78 is 14.2. The lowest BCUT2D eigenvalue weighted by Crippen LogP contribution is -2.17. The van der Waals surface area contributed by atoms with Crippen LogP contribution in [0.4, 0.5) is 0 Å². The van der Waals surface area contributed by atoms with Gasteiger partial charge in [0, 0.05) is 43.5 Å². The van der Waals surface area contributed by atoms with Crippen molar-refractivity contribution in [2.75, 3.05) is 0 Å². The van der Waals surface area contributed by atoms with E-state index in [1.54, 1.807) is 0 Å². The molecule has 2 aliphatic rings. The summed E-state index contributed by atoms with van der Waals surface area (Å²) in [7, 11) is 0. The molecule has 0 unspecified atom stereocenters. The minimum Gasteiger partial charge on any atom is -0.455 e. The molecule has 0 radical (unpaired) electrons. The first-order chi connectivity index (χ1) is 34.3. The largest absolute Gasteiger partial charge is 0.455 e. The molecule has 0 atom stereocenters. The first-order valence-electron chi connectivity index (χ1n) is 24.6. The third-order valence-corrected chi connectivity index (χ3v) is 16.3. The Hall–Kier alpha value is -8.46. The van der Waals surface area contributed by atoms with E-state index in [0.29, 0.717) is 0 Å². The van der Waals surface area contributed by atoms with Gasteiger partial charge in [-0.25, -0.2) is 0 Å². The van der Waals surface area contributed by atoms with Gasteiger partial charge in [-0.05, 0) is 136 Å². The van der Waals surface area contributed by atoms with E-state index in [1.807, 2.05) is 0 Å². The summed E-state index contributed by atoms with van der Waals surface area (Å²) in [5.74, 6) is 0. The van der Waals surface area contributed by atoms with Gasteiger partial charge in [0.2, 0.25) is 0 Å². The molecular formula is C68H46O2. The second-order valence-electron chi connectivity index (χ2n) is 20.6. The molecule has 0 spiro atoms. The Labute approximate surface area is 406 Å². The first kappa shape index (κ1) is 39.5. The molecule has 330 valence electrons. The van der Waals surface area contributed by atoms with Gasteiger partial charge in [0.15, 0.2) is 0 Å². The highest BCUT2D eigenvalue weighted by Gasteiger charge is 2.45. The van der Waals surface area contributed by atoms with Crippen molar-refractivity contribution in [3.05, 3.63) is 229 Å². The van der Waals surface area contributed by atoms with Crippen LogP contribution in [0.25, 0.3) is 132 Å². The van der Waals surface area contributed by atoms with Crippen LogP contribution in [-0.4, -0.2) is 0 Å². The minimum atomic E-state index is -0.342. The molecule has 0 bridgehead atoms. The smallest absolute Gasteiger partial charge is 0.144 e. The maximum absolute atomic E-state index is 7.17. The Morgan fingerprint density at radius 3 is 1.19 bits per heavy atom. The number of furan rings is 2. The van der Waals surface area contributed by atoms with Crippen LogP contribution in [-0.2, 0) is 10.8 Å². The second kappa shape index (κ2) is 14.1. The Kier molecular flexibility index (Phi) is 7.94. The predicted octanol–water partition coefficient (Wildman–Crippen LogP) is 19.1. The quantitative estimate of drug-likeness (QED) is 0.176. The van der Waals surface area contributed by atoms with E-state index < -0.39 is 0 Å². The maximum atomic E-state index is 7.17. The van der Waals surface area contributed by atoms with Gasteiger partial charge >= 0.3 is 0 Å².